The molecular formula is C15H11N3O. The summed E-state index contributed by atoms with van der Waals surface area (Å²) in [7, 11) is 0. The first-order chi connectivity index (χ1) is 9.15. The van der Waals surface area contributed by atoms with Gasteiger partial charge in [0.25, 0.3) is 0 Å². The lowest BCUT2D eigenvalue weighted by Gasteiger charge is -2.11. The summed E-state index contributed by atoms with van der Waals surface area (Å²) in [6.45, 7) is 1.85. The molecule has 0 heterocycles. The standard InChI is InChI=1S/C15H11N3O/c1-10-3-2-4-11(8-16)15(10)19-14-6-5-13(18)7-12(14)9-17/h2-7H,18H2,1H3. The van der Waals surface area contributed by atoms with E-state index in [2.05, 4.69) is 6.07 Å². The Morgan fingerprint density at radius 1 is 1.05 bits per heavy atom. The third kappa shape index (κ3) is 2.48. The van der Waals surface area contributed by atoms with Crippen LogP contribution in [-0.4, -0.2) is 0 Å². The van der Waals surface area contributed by atoms with E-state index in [1.807, 2.05) is 19.1 Å². The molecule has 2 N–H and O–H groups in total. The fraction of sp³-hybridized carbons (Fsp3) is 0.0667. The molecule has 0 aliphatic heterocycles. The molecule has 2 aromatic carbocycles. The number of anilines is 1. The van der Waals surface area contributed by atoms with E-state index in [4.69, 9.17) is 21.0 Å². The number of nitrogen functional groups attached to an aromatic ring is 1. The summed E-state index contributed by atoms with van der Waals surface area (Å²) in [4.78, 5) is 0. The lowest BCUT2D eigenvalue weighted by molar-refractivity contribution is 0.476. The van der Waals surface area contributed by atoms with Gasteiger partial charge < -0.3 is 10.5 Å². The van der Waals surface area contributed by atoms with Crippen LogP contribution in [0.4, 0.5) is 5.69 Å². The zero-order chi connectivity index (χ0) is 13.8. The zero-order valence-electron chi connectivity index (χ0n) is 10.3. The van der Waals surface area contributed by atoms with Crippen molar-refractivity contribution < 1.29 is 4.74 Å². The van der Waals surface area contributed by atoms with Crippen molar-refractivity contribution in [3.8, 4) is 23.6 Å². The van der Waals surface area contributed by atoms with Gasteiger partial charge in [-0.05, 0) is 36.8 Å². The number of hydrogen-bond acceptors (Lipinski definition) is 4. The Bertz CT molecular complexity index is 708. The highest BCUT2D eigenvalue weighted by Gasteiger charge is 2.11. The lowest BCUT2D eigenvalue weighted by atomic mass is 10.1. The summed E-state index contributed by atoms with van der Waals surface area (Å²) in [6.07, 6.45) is 0. The number of rotatable bonds is 2. The summed E-state index contributed by atoms with van der Waals surface area (Å²) in [5, 5.41) is 18.1. The Morgan fingerprint density at radius 2 is 1.79 bits per heavy atom. The molecule has 0 amide bonds. The number of benzene rings is 2. The summed E-state index contributed by atoms with van der Waals surface area (Å²) < 4.78 is 5.71. The van der Waals surface area contributed by atoms with Gasteiger partial charge in [0.2, 0.25) is 0 Å². The number of nitriles is 2. The van der Waals surface area contributed by atoms with E-state index in [9.17, 15) is 0 Å². The Labute approximate surface area is 111 Å². The molecule has 0 saturated heterocycles. The third-order valence-electron chi connectivity index (χ3n) is 2.67. The molecule has 2 aromatic rings. The molecule has 0 aliphatic carbocycles. The maximum atomic E-state index is 9.08. The highest BCUT2D eigenvalue weighted by Crippen LogP contribution is 2.31. The molecule has 0 atom stereocenters. The molecule has 19 heavy (non-hydrogen) atoms. The third-order valence-corrected chi connectivity index (χ3v) is 2.67. The first-order valence-corrected chi connectivity index (χ1v) is 5.63. The molecule has 0 saturated carbocycles. The Kier molecular flexibility index (Phi) is 3.36. The second-order valence-corrected chi connectivity index (χ2v) is 4.03. The Balaban J connectivity index is 2.49. The summed E-state index contributed by atoms with van der Waals surface area (Å²) >= 11 is 0. The van der Waals surface area contributed by atoms with Crippen molar-refractivity contribution in [2.24, 2.45) is 0 Å². The highest BCUT2D eigenvalue weighted by atomic mass is 16.5. The molecule has 2 rings (SSSR count). The van der Waals surface area contributed by atoms with Crippen LogP contribution >= 0.6 is 0 Å². The lowest BCUT2D eigenvalue weighted by Crippen LogP contribution is -1.95. The van der Waals surface area contributed by atoms with Gasteiger partial charge >= 0.3 is 0 Å². The number of hydrogen-bond donors (Lipinski definition) is 1. The van der Waals surface area contributed by atoms with Crippen LogP contribution in [0, 0.1) is 29.6 Å². The van der Waals surface area contributed by atoms with Gasteiger partial charge in [0.05, 0.1) is 11.1 Å². The van der Waals surface area contributed by atoms with Crippen molar-refractivity contribution in [3.63, 3.8) is 0 Å². The number of nitrogens with zero attached hydrogens (tertiary/aromatic N) is 2. The van der Waals surface area contributed by atoms with Crippen LogP contribution in [0.1, 0.15) is 16.7 Å². The topological polar surface area (TPSA) is 82.8 Å². The summed E-state index contributed by atoms with van der Waals surface area (Å²) in [5.41, 5.74) is 7.72. The van der Waals surface area contributed by atoms with Crippen LogP contribution in [0.15, 0.2) is 36.4 Å². The maximum absolute atomic E-state index is 9.08. The van der Waals surface area contributed by atoms with Gasteiger partial charge in [-0.25, -0.2) is 0 Å². The summed E-state index contributed by atoms with van der Waals surface area (Å²) in [6, 6.07) is 14.2. The number of para-hydroxylation sites is 1. The molecule has 0 spiro atoms. The first-order valence-electron chi connectivity index (χ1n) is 5.63. The van der Waals surface area contributed by atoms with Crippen molar-refractivity contribution in [3.05, 3.63) is 53.1 Å². The van der Waals surface area contributed by atoms with Gasteiger partial charge in [-0.15, -0.1) is 0 Å². The molecule has 0 aliphatic rings. The average Bonchev–Trinajstić information content (AvgIpc) is 2.42. The van der Waals surface area contributed by atoms with Crippen LogP contribution in [0.25, 0.3) is 0 Å². The van der Waals surface area contributed by atoms with Crippen LogP contribution < -0.4 is 10.5 Å². The first kappa shape index (κ1) is 12.5. The highest BCUT2D eigenvalue weighted by molar-refractivity contribution is 5.56. The Morgan fingerprint density at radius 3 is 2.47 bits per heavy atom. The molecule has 0 unspecified atom stereocenters. The van der Waals surface area contributed by atoms with E-state index >= 15 is 0 Å². The molecule has 0 radical (unpaired) electrons. The van der Waals surface area contributed by atoms with Crippen LogP contribution in [0.2, 0.25) is 0 Å². The van der Waals surface area contributed by atoms with Gasteiger partial charge in [-0.3, -0.25) is 0 Å². The van der Waals surface area contributed by atoms with E-state index in [0.717, 1.165) is 5.56 Å². The predicted octanol–water partition coefficient (Wildman–Crippen LogP) is 3.11. The molecular weight excluding hydrogens is 238 g/mol. The minimum Gasteiger partial charge on any atom is -0.454 e. The van der Waals surface area contributed by atoms with E-state index < -0.39 is 0 Å². The van der Waals surface area contributed by atoms with Gasteiger partial charge in [0.15, 0.2) is 0 Å². The smallest absolute Gasteiger partial charge is 0.148 e. The molecule has 4 heteroatoms. The quantitative estimate of drug-likeness (QED) is 0.829. The molecule has 4 nitrogen and oxygen atoms in total. The fourth-order valence-corrected chi connectivity index (χ4v) is 1.71. The van der Waals surface area contributed by atoms with Gasteiger partial charge in [-0.2, -0.15) is 10.5 Å². The molecule has 92 valence electrons. The fourth-order valence-electron chi connectivity index (χ4n) is 1.71. The Hall–Kier alpha value is -2.98. The number of nitrogens with two attached hydrogens (primary N) is 1. The van der Waals surface area contributed by atoms with Gasteiger partial charge in [-0.1, -0.05) is 12.1 Å². The van der Waals surface area contributed by atoms with Crippen LogP contribution in [-0.2, 0) is 0 Å². The van der Waals surface area contributed by atoms with E-state index in [1.54, 1.807) is 30.3 Å². The van der Waals surface area contributed by atoms with Crippen LogP contribution in [0.5, 0.6) is 11.5 Å². The largest absolute Gasteiger partial charge is 0.454 e. The zero-order valence-corrected chi connectivity index (χ0v) is 10.3. The number of ether oxygens (including phenoxy) is 1. The van der Waals surface area contributed by atoms with E-state index in [-0.39, 0.29) is 0 Å². The minimum absolute atomic E-state index is 0.340. The molecule has 0 fully saturated rings. The maximum Gasteiger partial charge on any atom is 0.148 e. The van der Waals surface area contributed by atoms with E-state index in [0.29, 0.717) is 28.3 Å². The van der Waals surface area contributed by atoms with Crippen molar-refractivity contribution in [2.75, 3.05) is 5.73 Å². The molecule has 0 aromatic heterocycles. The number of aryl methyl sites for hydroxylation is 1. The average molecular weight is 249 g/mol. The van der Waals surface area contributed by atoms with Gasteiger partial charge in [0, 0.05) is 5.69 Å². The SMILES string of the molecule is Cc1cccc(C#N)c1Oc1ccc(N)cc1C#N. The van der Waals surface area contributed by atoms with Gasteiger partial charge in [0.1, 0.15) is 23.6 Å². The van der Waals surface area contributed by atoms with Crippen molar-refractivity contribution >= 4 is 5.69 Å². The second-order valence-electron chi connectivity index (χ2n) is 4.03. The predicted molar refractivity (Wildman–Crippen MR) is 71.5 cm³/mol. The van der Waals surface area contributed by atoms with Crippen LogP contribution in [0.3, 0.4) is 0 Å². The minimum atomic E-state index is 0.340. The monoisotopic (exact) mass is 249 g/mol. The van der Waals surface area contributed by atoms with E-state index in [1.165, 1.54) is 0 Å². The molecule has 0 bridgehead atoms. The van der Waals surface area contributed by atoms with Crippen molar-refractivity contribution in [1.82, 2.24) is 0 Å². The van der Waals surface area contributed by atoms with Crippen molar-refractivity contribution in [1.29, 1.82) is 10.5 Å². The summed E-state index contributed by atoms with van der Waals surface area (Å²) in [5.74, 6) is 0.855. The van der Waals surface area contributed by atoms with Crippen molar-refractivity contribution in [2.45, 2.75) is 6.92 Å². The second kappa shape index (κ2) is 5.12. The normalized spacial score (nSPS) is 9.42.